The molecule has 0 aliphatic carbocycles. The van der Waals surface area contributed by atoms with Gasteiger partial charge in [0.1, 0.15) is 5.82 Å². The van der Waals surface area contributed by atoms with Gasteiger partial charge in [-0.2, -0.15) is 0 Å². The van der Waals surface area contributed by atoms with Gasteiger partial charge in [-0.25, -0.2) is 4.39 Å². The Hall–Kier alpha value is -2.36. The van der Waals surface area contributed by atoms with Crippen molar-refractivity contribution in [1.29, 1.82) is 0 Å². The first kappa shape index (κ1) is 25.9. The highest BCUT2D eigenvalue weighted by Crippen LogP contribution is 2.23. The fourth-order valence-corrected chi connectivity index (χ4v) is 3.68. The van der Waals surface area contributed by atoms with E-state index in [0.717, 1.165) is 18.7 Å². The molecule has 2 aromatic carbocycles. The van der Waals surface area contributed by atoms with Crippen LogP contribution >= 0.6 is 24.0 Å². The van der Waals surface area contributed by atoms with Gasteiger partial charge in [0, 0.05) is 38.9 Å². The van der Waals surface area contributed by atoms with E-state index in [0.29, 0.717) is 19.0 Å². The molecule has 6 nitrogen and oxygen atoms in total. The van der Waals surface area contributed by atoms with E-state index in [9.17, 15) is 9.18 Å². The molecule has 0 aromatic heterocycles. The number of benzene rings is 2. The number of nitrogens with zero attached hydrogens (tertiary/aromatic N) is 2. The predicted molar refractivity (Wildman–Crippen MR) is 139 cm³/mol. The number of nitrogens with one attached hydrogen (secondary N) is 3. The van der Waals surface area contributed by atoms with Crippen molar-refractivity contribution in [2.75, 3.05) is 38.1 Å². The van der Waals surface area contributed by atoms with E-state index in [4.69, 9.17) is 0 Å². The maximum atomic E-state index is 12.9. The summed E-state index contributed by atoms with van der Waals surface area (Å²) in [6.45, 7) is 5.39. The average molecular weight is 553 g/mol. The standard InChI is InChI=1S/C24H32FN5O.HI/c1-18(20-6-5-7-22(17-20)30-14-3-4-15-30)29-24(26-2)28-13-12-27-23(31)16-19-8-10-21(25)11-9-19;/h5-11,17-18H,3-4,12-16H2,1-2H3,(H,27,31)(H2,26,28,29);1H. The minimum absolute atomic E-state index is 0. The summed E-state index contributed by atoms with van der Waals surface area (Å²) in [6, 6.07) is 14.7. The van der Waals surface area contributed by atoms with Crippen LogP contribution in [0.3, 0.4) is 0 Å². The molecule has 0 bridgehead atoms. The Labute approximate surface area is 207 Å². The first-order valence-electron chi connectivity index (χ1n) is 10.9. The van der Waals surface area contributed by atoms with Crippen molar-refractivity contribution in [3.8, 4) is 0 Å². The number of halogens is 2. The molecule has 8 heteroatoms. The van der Waals surface area contributed by atoms with Gasteiger partial charge in [0.05, 0.1) is 12.5 Å². The number of guanidine groups is 1. The fraction of sp³-hybridized carbons (Fsp3) is 0.417. The highest BCUT2D eigenvalue weighted by molar-refractivity contribution is 14.0. The van der Waals surface area contributed by atoms with Crippen molar-refractivity contribution in [3.63, 3.8) is 0 Å². The number of anilines is 1. The third-order valence-electron chi connectivity index (χ3n) is 5.44. The number of aliphatic imine (C=N–C) groups is 1. The minimum atomic E-state index is -0.302. The van der Waals surface area contributed by atoms with Crippen LogP contribution in [0.4, 0.5) is 10.1 Å². The molecule has 32 heavy (non-hydrogen) atoms. The first-order valence-corrected chi connectivity index (χ1v) is 10.9. The van der Waals surface area contributed by atoms with Crippen molar-refractivity contribution in [1.82, 2.24) is 16.0 Å². The van der Waals surface area contributed by atoms with Gasteiger partial charge in [-0.15, -0.1) is 24.0 Å². The number of amides is 1. The number of rotatable bonds is 8. The molecule has 1 heterocycles. The Kier molecular flexibility index (Phi) is 10.7. The lowest BCUT2D eigenvalue weighted by Gasteiger charge is -2.22. The maximum absolute atomic E-state index is 12.9. The number of carbonyl (C=O) groups is 1. The SMILES string of the molecule is CN=C(NCCNC(=O)Cc1ccc(F)cc1)NC(C)c1cccc(N2CCCC2)c1.I. The molecule has 3 rings (SSSR count). The van der Waals surface area contributed by atoms with Crippen LogP contribution in [0.15, 0.2) is 53.5 Å². The highest BCUT2D eigenvalue weighted by Gasteiger charge is 2.14. The summed E-state index contributed by atoms with van der Waals surface area (Å²) in [5, 5.41) is 9.50. The third kappa shape index (κ3) is 7.96. The normalized spacial score (nSPS) is 14.5. The summed E-state index contributed by atoms with van der Waals surface area (Å²) < 4.78 is 12.9. The predicted octanol–water partition coefficient (Wildman–Crippen LogP) is 3.63. The largest absolute Gasteiger partial charge is 0.372 e. The van der Waals surface area contributed by atoms with E-state index in [2.05, 4.69) is 57.0 Å². The lowest BCUT2D eigenvalue weighted by Crippen LogP contribution is -2.42. The Balaban J connectivity index is 0.00000363. The van der Waals surface area contributed by atoms with Crippen molar-refractivity contribution >= 4 is 41.5 Å². The maximum Gasteiger partial charge on any atom is 0.224 e. The summed E-state index contributed by atoms with van der Waals surface area (Å²) >= 11 is 0. The second-order valence-electron chi connectivity index (χ2n) is 7.81. The van der Waals surface area contributed by atoms with Crippen LogP contribution in [0.1, 0.15) is 36.9 Å². The Morgan fingerprint density at radius 1 is 1.09 bits per heavy atom. The van der Waals surface area contributed by atoms with Crippen molar-refractivity contribution in [3.05, 3.63) is 65.5 Å². The molecule has 2 aromatic rings. The van der Waals surface area contributed by atoms with Crippen molar-refractivity contribution in [2.45, 2.75) is 32.2 Å². The molecule has 3 N–H and O–H groups in total. The molecule has 1 fully saturated rings. The third-order valence-corrected chi connectivity index (χ3v) is 5.44. The second kappa shape index (κ2) is 13.2. The van der Waals surface area contributed by atoms with Crippen LogP contribution in [-0.4, -0.2) is 45.1 Å². The second-order valence-corrected chi connectivity index (χ2v) is 7.81. The van der Waals surface area contributed by atoms with E-state index < -0.39 is 0 Å². The zero-order valence-electron chi connectivity index (χ0n) is 18.7. The molecule has 1 saturated heterocycles. The van der Waals surface area contributed by atoms with Crippen LogP contribution in [0.25, 0.3) is 0 Å². The van der Waals surface area contributed by atoms with E-state index in [-0.39, 0.29) is 48.2 Å². The molecular formula is C24H33FIN5O. The smallest absolute Gasteiger partial charge is 0.224 e. The van der Waals surface area contributed by atoms with E-state index in [1.54, 1.807) is 19.2 Å². The lowest BCUT2D eigenvalue weighted by atomic mass is 10.1. The molecular weight excluding hydrogens is 520 g/mol. The fourth-order valence-electron chi connectivity index (χ4n) is 3.68. The average Bonchev–Trinajstić information content (AvgIpc) is 3.32. The zero-order chi connectivity index (χ0) is 22.1. The lowest BCUT2D eigenvalue weighted by molar-refractivity contribution is -0.120. The van der Waals surface area contributed by atoms with Gasteiger partial charge < -0.3 is 20.9 Å². The molecule has 0 saturated carbocycles. The Morgan fingerprint density at radius 3 is 2.47 bits per heavy atom. The summed E-state index contributed by atoms with van der Waals surface area (Å²) in [7, 11) is 1.73. The van der Waals surface area contributed by atoms with E-state index >= 15 is 0 Å². The zero-order valence-corrected chi connectivity index (χ0v) is 21.1. The summed E-state index contributed by atoms with van der Waals surface area (Å²) in [5.74, 6) is 0.291. The number of hydrogen-bond acceptors (Lipinski definition) is 3. The molecule has 174 valence electrons. The number of carbonyl (C=O) groups excluding carboxylic acids is 1. The van der Waals surface area contributed by atoms with Crippen LogP contribution in [-0.2, 0) is 11.2 Å². The highest BCUT2D eigenvalue weighted by atomic mass is 127. The molecule has 1 atom stereocenters. The van der Waals surface area contributed by atoms with Gasteiger partial charge in [0.25, 0.3) is 0 Å². The van der Waals surface area contributed by atoms with Crippen LogP contribution in [0.2, 0.25) is 0 Å². The van der Waals surface area contributed by atoms with Crippen molar-refractivity contribution in [2.24, 2.45) is 4.99 Å². The van der Waals surface area contributed by atoms with Gasteiger partial charge >= 0.3 is 0 Å². The van der Waals surface area contributed by atoms with Gasteiger partial charge in [0.2, 0.25) is 5.91 Å². The van der Waals surface area contributed by atoms with Crippen molar-refractivity contribution < 1.29 is 9.18 Å². The molecule has 1 amide bonds. The Bertz CT molecular complexity index is 884. The number of hydrogen-bond donors (Lipinski definition) is 3. The van der Waals surface area contributed by atoms with E-state index in [1.165, 1.54) is 36.2 Å². The monoisotopic (exact) mass is 553 g/mol. The molecule has 1 unspecified atom stereocenters. The summed E-state index contributed by atoms with van der Waals surface area (Å²) in [4.78, 5) is 18.7. The molecule has 0 spiro atoms. The molecule has 1 aliphatic rings. The van der Waals surface area contributed by atoms with Gasteiger partial charge in [-0.3, -0.25) is 9.79 Å². The van der Waals surface area contributed by atoms with Gasteiger partial charge in [0.15, 0.2) is 5.96 Å². The Morgan fingerprint density at radius 2 is 1.78 bits per heavy atom. The minimum Gasteiger partial charge on any atom is -0.372 e. The quantitative estimate of drug-likeness (QED) is 0.202. The topological polar surface area (TPSA) is 68.8 Å². The first-order chi connectivity index (χ1) is 15.0. The van der Waals surface area contributed by atoms with Crippen LogP contribution in [0.5, 0.6) is 0 Å². The summed E-state index contributed by atoms with van der Waals surface area (Å²) in [6.07, 6.45) is 2.75. The summed E-state index contributed by atoms with van der Waals surface area (Å²) in [5.41, 5.74) is 3.27. The van der Waals surface area contributed by atoms with Crippen LogP contribution in [0, 0.1) is 5.82 Å². The molecule has 0 radical (unpaired) electrons. The van der Waals surface area contributed by atoms with E-state index in [1.807, 2.05) is 0 Å². The van der Waals surface area contributed by atoms with Gasteiger partial charge in [-0.05, 0) is 55.2 Å². The van der Waals surface area contributed by atoms with Crippen LogP contribution < -0.4 is 20.9 Å². The van der Waals surface area contributed by atoms with Gasteiger partial charge in [-0.1, -0.05) is 24.3 Å². The molecule has 1 aliphatic heterocycles.